The molecule has 0 amide bonds. The second-order valence-electron chi connectivity index (χ2n) is 8.37. The first-order valence-electron chi connectivity index (χ1n) is 11.3. The number of benzene rings is 1. The average Bonchev–Trinajstić information content (AvgIpc) is 2.79. The fourth-order valence-electron chi connectivity index (χ4n) is 4.15. The molecule has 178 valence electrons. The number of aryl methyl sites for hydroxylation is 1. The van der Waals surface area contributed by atoms with Gasteiger partial charge in [0.15, 0.2) is 5.69 Å². The molecule has 0 unspecified atom stereocenters. The van der Waals surface area contributed by atoms with Gasteiger partial charge in [-0.2, -0.15) is 0 Å². The molecule has 0 bridgehead atoms. The number of carboxylic acid groups (broad SMARTS) is 1. The number of carbonyl (C=O) groups is 2. The lowest BCUT2D eigenvalue weighted by Gasteiger charge is -2.35. The van der Waals surface area contributed by atoms with Crippen LogP contribution in [0.2, 0.25) is 0 Å². The molecule has 1 aliphatic heterocycles. The molecule has 1 saturated heterocycles. The zero-order valence-electron chi connectivity index (χ0n) is 19.2. The van der Waals surface area contributed by atoms with Gasteiger partial charge in [-0.05, 0) is 68.9 Å². The number of piperidine rings is 1. The molecule has 1 aromatic carbocycles. The lowest BCUT2D eigenvalue weighted by molar-refractivity contribution is -0.145. The number of rotatable bonds is 10. The quantitative estimate of drug-likeness (QED) is 0.420. The van der Waals surface area contributed by atoms with Crippen LogP contribution < -0.4 is 4.74 Å². The first-order valence-corrected chi connectivity index (χ1v) is 11.3. The highest BCUT2D eigenvalue weighted by Crippen LogP contribution is 2.32. The number of halogens is 1. The molecule has 0 saturated carbocycles. The highest BCUT2D eigenvalue weighted by Gasteiger charge is 2.34. The van der Waals surface area contributed by atoms with E-state index in [0.717, 1.165) is 11.1 Å². The maximum absolute atomic E-state index is 15.1. The largest absolute Gasteiger partial charge is 0.494 e. The number of nitrogens with zero attached hydrogens (tertiary/aromatic N) is 2. The number of pyridine rings is 1. The Morgan fingerprint density at radius 1 is 1.21 bits per heavy atom. The van der Waals surface area contributed by atoms with Crippen molar-refractivity contribution in [2.75, 3.05) is 32.8 Å². The lowest BCUT2D eigenvalue weighted by atomic mass is 9.89. The molecule has 2 aromatic rings. The summed E-state index contributed by atoms with van der Waals surface area (Å²) in [5.74, 6) is -0.673. The van der Waals surface area contributed by atoms with Crippen molar-refractivity contribution in [2.45, 2.75) is 45.2 Å². The van der Waals surface area contributed by atoms with E-state index < -0.39 is 11.6 Å². The standard InChI is InChI=1S/C25H31FN2O5/c1-3-32-22(29)17-28-13-10-25(26,11-14-28)9-5-15-33-19-7-8-20(18(2)16-19)21-6-4-12-27-23(21)24(30)31/h4,6-8,12,16H,3,5,9-11,13-15,17H2,1-2H3,(H,30,31). The average molecular weight is 459 g/mol. The molecule has 3 rings (SSSR count). The second kappa shape index (κ2) is 11.2. The Morgan fingerprint density at radius 2 is 1.97 bits per heavy atom. The maximum atomic E-state index is 15.1. The third-order valence-corrected chi connectivity index (χ3v) is 5.95. The molecule has 33 heavy (non-hydrogen) atoms. The molecule has 0 spiro atoms. The lowest BCUT2D eigenvalue weighted by Crippen LogP contribution is -2.44. The van der Waals surface area contributed by atoms with Crippen LogP contribution in [0.25, 0.3) is 11.1 Å². The number of carboxylic acids is 1. The van der Waals surface area contributed by atoms with Crippen molar-refractivity contribution in [3.8, 4) is 16.9 Å². The summed E-state index contributed by atoms with van der Waals surface area (Å²) in [6, 6.07) is 8.91. The number of likely N-dealkylation sites (tertiary alicyclic amines) is 1. The summed E-state index contributed by atoms with van der Waals surface area (Å²) in [5.41, 5.74) is 0.990. The molecule has 2 heterocycles. The molecule has 1 N–H and O–H groups in total. The van der Waals surface area contributed by atoms with Crippen LogP contribution in [-0.2, 0) is 9.53 Å². The van der Waals surface area contributed by atoms with Crippen molar-refractivity contribution in [2.24, 2.45) is 0 Å². The van der Waals surface area contributed by atoms with Crippen LogP contribution in [0.5, 0.6) is 5.75 Å². The third kappa shape index (κ3) is 6.74. The Kier molecular flexibility index (Phi) is 8.38. The Hall–Kier alpha value is -3.00. The Balaban J connectivity index is 1.47. The van der Waals surface area contributed by atoms with E-state index in [1.54, 1.807) is 25.1 Å². The van der Waals surface area contributed by atoms with Gasteiger partial charge in [-0.15, -0.1) is 0 Å². The van der Waals surface area contributed by atoms with E-state index in [-0.39, 0.29) is 18.2 Å². The van der Waals surface area contributed by atoms with Crippen molar-refractivity contribution in [1.82, 2.24) is 9.88 Å². The Morgan fingerprint density at radius 3 is 2.64 bits per heavy atom. The molecule has 0 atom stereocenters. The molecular formula is C25H31FN2O5. The zero-order valence-corrected chi connectivity index (χ0v) is 19.2. The number of aromatic carboxylic acids is 1. The summed E-state index contributed by atoms with van der Waals surface area (Å²) in [6.45, 7) is 5.72. The number of alkyl halides is 1. The highest BCUT2D eigenvalue weighted by molar-refractivity contribution is 5.94. The first-order chi connectivity index (χ1) is 15.8. The summed E-state index contributed by atoms with van der Waals surface area (Å²) in [6.07, 6.45) is 3.26. The minimum Gasteiger partial charge on any atom is -0.494 e. The molecule has 8 heteroatoms. The maximum Gasteiger partial charge on any atom is 0.355 e. The fraction of sp³-hybridized carbons (Fsp3) is 0.480. The van der Waals surface area contributed by atoms with Crippen molar-refractivity contribution in [3.63, 3.8) is 0 Å². The van der Waals surface area contributed by atoms with Gasteiger partial charge in [0.25, 0.3) is 0 Å². The van der Waals surface area contributed by atoms with Crippen LogP contribution in [0.15, 0.2) is 36.5 Å². The van der Waals surface area contributed by atoms with Crippen LogP contribution in [0.3, 0.4) is 0 Å². The molecule has 1 aliphatic rings. The van der Waals surface area contributed by atoms with E-state index in [2.05, 4.69) is 4.98 Å². The summed E-state index contributed by atoms with van der Waals surface area (Å²) >= 11 is 0. The van der Waals surface area contributed by atoms with Gasteiger partial charge in [-0.3, -0.25) is 9.69 Å². The summed E-state index contributed by atoms with van der Waals surface area (Å²) in [4.78, 5) is 28.9. The van der Waals surface area contributed by atoms with Crippen LogP contribution in [0.4, 0.5) is 4.39 Å². The normalized spacial score (nSPS) is 15.7. The molecule has 1 fully saturated rings. The minimum atomic E-state index is -1.23. The van der Waals surface area contributed by atoms with Crippen LogP contribution in [-0.4, -0.2) is 65.4 Å². The molecular weight excluding hydrogens is 427 g/mol. The Labute approximate surface area is 193 Å². The number of hydrogen-bond acceptors (Lipinski definition) is 6. The first kappa shape index (κ1) is 24.6. The summed E-state index contributed by atoms with van der Waals surface area (Å²) in [7, 11) is 0. The molecule has 1 aromatic heterocycles. The number of ether oxygens (including phenoxy) is 2. The van der Waals surface area contributed by atoms with E-state index in [1.807, 2.05) is 24.0 Å². The number of hydrogen-bond donors (Lipinski definition) is 1. The summed E-state index contributed by atoms with van der Waals surface area (Å²) in [5, 5.41) is 9.38. The van der Waals surface area contributed by atoms with Crippen molar-refractivity contribution < 1.29 is 28.6 Å². The van der Waals surface area contributed by atoms with Gasteiger partial charge in [0.2, 0.25) is 0 Å². The van der Waals surface area contributed by atoms with Gasteiger partial charge < -0.3 is 14.6 Å². The van der Waals surface area contributed by atoms with Crippen molar-refractivity contribution in [1.29, 1.82) is 0 Å². The monoisotopic (exact) mass is 458 g/mol. The van der Waals surface area contributed by atoms with E-state index in [9.17, 15) is 14.7 Å². The van der Waals surface area contributed by atoms with Crippen molar-refractivity contribution >= 4 is 11.9 Å². The van der Waals surface area contributed by atoms with Gasteiger partial charge in [-0.1, -0.05) is 12.1 Å². The van der Waals surface area contributed by atoms with E-state index in [4.69, 9.17) is 9.47 Å². The van der Waals surface area contributed by atoms with Gasteiger partial charge in [0.1, 0.15) is 11.4 Å². The third-order valence-electron chi connectivity index (χ3n) is 5.95. The van der Waals surface area contributed by atoms with Gasteiger partial charge >= 0.3 is 11.9 Å². The minimum absolute atomic E-state index is 0.0100. The smallest absolute Gasteiger partial charge is 0.355 e. The van der Waals surface area contributed by atoms with Crippen LogP contribution in [0.1, 0.15) is 48.7 Å². The van der Waals surface area contributed by atoms with Crippen LogP contribution in [0, 0.1) is 6.92 Å². The second-order valence-corrected chi connectivity index (χ2v) is 8.37. The molecule has 7 nitrogen and oxygen atoms in total. The van der Waals surface area contributed by atoms with E-state index in [1.165, 1.54) is 6.20 Å². The highest BCUT2D eigenvalue weighted by atomic mass is 19.1. The molecule has 0 aliphatic carbocycles. The predicted octanol–water partition coefficient (Wildman–Crippen LogP) is 4.28. The van der Waals surface area contributed by atoms with Gasteiger partial charge in [0, 0.05) is 24.8 Å². The predicted molar refractivity (Wildman–Crippen MR) is 122 cm³/mol. The van der Waals surface area contributed by atoms with Gasteiger partial charge in [0.05, 0.1) is 19.8 Å². The fourth-order valence-corrected chi connectivity index (χ4v) is 4.15. The topological polar surface area (TPSA) is 89.0 Å². The SMILES string of the molecule is CCOC(=O)CN1CCC(F)(CCCOc2ccc(-c3cccnc3C(=O)O)c(C)c2)CC1. The van der Waals surface area contributed by atoms with Crippen molar-refractivity contribution in [3.05, 3.63) is 47.8 Å². The van der Waals surface area contributed by atoms with Crippen LogP contribution >= 0.6 is 0 Å². The number of aromatic nitrogens is 1. The van der Waals surface area contributed by atoms with E-state index >= 15 is 4.39 Å². The summed E-state index contributed by atoms with van der Waals surface area (Å²) < 4.78 is 25.9. The number of carbonyl (C=O) groups excluding carboxylic acids is 1. The molecule has 0 radical (unpaired) electrons. The zero-order chi connectivity index (χ0) is 23.8. The van der Waals surface area contributed by atoms with E-state index in [0.29, 0.717) is 63.3 Å². The Bertz CT molecular complexity index is 973. The van der Waals surface area contributed by atoms with Gasteiger partial charge in [-0.25, -0.2) is 14.2 Å². The number of esters is 1.